The summed E-state index contributed by atoms with van der Waals surface area (Å²) in [5.74, 6) is 0. The Hall–Kier alpha value is -0.216. The van der Waals surface area contributed by atoms with Gasteiger partial charge in [0.2, 0.25) is 0 Å². The molecule has 0 saturated carbocycles. The molecular weight excluding hydrogens is 224 g/mol. The van der Waals surface area contributed by atoms with Gasteiger partial charge >= 0.3 is 0 Å². The maximum absolute atomic E-state index is 12.3. The SMILES string of the molecule is C[C-](F)c1ccnc([O-])n1.[Y]. The summed E-state index contributed by atoms with van der Waals surface area (Å²) in [7, 11) is 0. The van der Waals surface area contributed by atoms with Crippen LogP contribution in [0.15, 0.2) is 12.3 Å². The van der Waals surface area contributed by atoms with Gasteiger partial charge in [0, 0.05) is 32.7 Å². The van der Waals surface area contributed by atoms with Crippen molar-refractivity contribution in [1.82, 2.24) is 9.97 Å². The van der Waals surface area contributed by atoms with E-state index in [1.54, 1.807) is 0 Å². The van der Waals surface area contributed by atoms with E-state index in [1.807, 2.05) is 0 Å². The zero-order chi connectivity index (χ0) is 7.56. The third kappa shape index (κ3) is 3.12. The van der Waals surface area contributed by atoms with E-state index in [2.05, 4.69) is 9.97 Å². The van der Waals surface area contributed by atoms with Crippen molar-refractivity contribution in [3.05, 3.63) is 24.1 Å². The van der Waals surface area contributed by atoms with Crippen LogP contribution in [0.4, 0.5) is 4.39 Å². The number of halogens is 1. The van der Waals surface area contributed by atoms with Gasteiger partial charge < -0.3 is 9.50 Å². The molecule has 0 saturated heterocycles. The zero-order valence-electron chi connectivity index (χ0n) is 5.91. The molecule has 0 aliphatic heterocycles. The summed E-state index contributed by atoms with van der Waals surface area (Å²) in [5.41, 5.74) is 0.0556. The van der Waals surface area contributed by atoms with Crippen LogP contribution in [-0.2, 0) is 32.7 Å². The predicted octanol–water partition coefficient (Wildman–Crippen LogP) is 0.417. The van der Waals surface area contributed by atoms with Crippen molar-refractivity contribution in [2.75, 3.05) is 0 Å². The average Bonchev–Trinajstić information content (AvgIpc) is 1.88. The summed E-state index contributed by atoms with van der Waals surface area (Å²) in [5, 5.41) is 10.4. The van der Waals surface area contributed by atoms with Crippen LogP contribution in [0.25, 0.3) is 0 Å². The van der Waals surface area contributed by atoms with Crippen molar-refractivity contribution in [2.24, 2.45) is 0 Å². The summed E-state index contributed by atoms with van der Waals surface area (Å²) < 4.78 is 12.3. The molecule has 5 heteroatoms. The second-order valence-electron chi connectivity index (χ2n) is 1.76. The van der Waals surface area contributed by atoms with Crippen molar-refractivity contribution in [2.45, 2.75) is 6.92 Å². The summed E-state index contributed by atoms with van der Waals surface area (Å²) >= 11 is 0. The number of nitrogens with zero attached hydrogens (tertiary/aromatic N) is 2. The van der Waals surface area contributed by atoms with Crippen molar-refractivity contribution in [1.29, 1.82) is 0 Å². The molecule has 0 aliphatic rings. The van der Waals surface area contributed by atoms with E-state index in [-0.39, 0.29) is 38.4 Å². The molecular formula is C6H5FN2OY-2. The van der Waals surface area contributed by atoms with Gasteiger partial charge in [-0.15, -0.1) is 0 Å². The fraction of sp³-hybridized carbons (Fsp3) is 0.167. The molecule has 0 spiro atoms. The van der Waals surface area contributed by atoms with Crippen LogP contribution in [0.1, 0.15) is 12.6 Å². The summed E-state index contributed by atoms with van der Waals surface area (Å²) in [6.45, 7) is 1.24. The minimum atomic E-state index is -0.658. The molecule has 0 atom stereocenters. The molecule has 0 amide bonds. The standard InChI is InChI=1S/C6H6FN2O.Y/c1-4(7)5-2-3-8-6(10)9-5;/h2-3H,1H3,(H,8,9,10);/q-1;/p-1. The third-order valence-corrected chi connectivity index (χ3v) is 0.986. The Labute approximate surface area is 88.9 Å². The normalized spacial score (nSPS) is 8.55. The quantitative estimate of drug-likeness (QED) is 0.655. The van der Waals surface area contributed by atoms with E-state index >= 15 is 0 Å². The van der Waals surface area contributed by atoms with Gasteiger partial charge in [-0.2, -0.15) is 6.07 Å². The van der Waals surface area contributed by atoms with Crippen LogP contribution in [0.5, 0.6) is 6.01 Å². The summed E-state index contributed by atoms with van der Waals surface area (Å²) in [4.78, 5) is 6.57. The van der Waals surface area contributed by atoms with Gasteiger partial charge in [-0.25, -0.2) is 0 Å². The molecule has 0 unspecified atom stereocenters. The smallest absolute Gasteiger partial charge is 0.0773 e. The Balaban J connectivity index is 0.000001000. The number of hydrogen-bond donors (Lipinski definition) is 0. The molecule has 1 rings (SSSR count). The molecule has 1 aromatic heterocycles. The Morgan fingerprint density at radius 1 is 1.64 bits per heavy atom. The molecule has 0 aromatic carbocycles. The number of rotatable bonds is 1. The van der Waals surface area contributed by atoms with Crippen LogP contribution < -0.4 is 5.11 Å². The van der Waals surface area contributed by atoms with Crippen molar-refractivity contribution in [3.8, 4) is 6.01 Å². The maximum atomic E-state index is 12.3. The summed E-state index contributed by atoms with van der Waals surface area (Å²) in [6.07, 6.45) is 0.757. The monoisotopic (exact) mass is 229 g/mol. The maximum Gasteiger partial charge on any atom is 0.0773 e. The van der Waals surface area contributed by atoms with Crippen LogP contribution in [0.3, 0.4) is 0 Å². The molecule has 1 radical (unpaired) electrons. The molecule has 11 heavy (non-hydrogen) atoms. The van der Waals surface area contributed by atoms with E-state index in [1.165, 1.54) is 19.2 Å². The molecule has 0 aliphatic carbocycles. The molecule has 0 N–H and O–H groups in total. The summed E-state index contributed by atoms with van der Waals surface area (Å²) in [6, 6.07) is 0.686. The van der Waals surface area contributed by atoms with Gasteiger partial charge in [0.05, 0.1) is 6.01 Å². The first-order valence-electron chi connectivity index (χ1n) is 2.69. The molecule has 1 heterocycles. The Bertz CT molecular complexity index is 232. The number of aromatic nitrogens is 2. The first-order valence-corrected chi connectivity index (χ1v) is 2.69. The first kappa shape index (κ1) is 10.8. The van der Waals surface area contributed by atoms with Crippen LogP contribution >= 0.6 is 0 Å². The zero-order valence-corrected chi connectivity index (χ0v) is 8.75. The van der Waals surface area contributed by atoms with Crippen molar-refractivity contribution in [3.63, 3.8) is 0 Å². The van der Waals surface area contributed by atoms with Gasteiger partial charge in [0.1, 0.15) is 0 Å². The Morgan fingerprint density at radius 2 is 2.27 bits per heavy atom. The van der Waals surface area contributed by atoms with Crippen LogP contribution in [0, 0.1) is 6.17 Å². The third-order valence-electron chi connectivity index (χ3n) is 0.986. The topological polar surface area (TPSA) is 48.8 Å². The average molecular weight is 229 g/mol. The van der Waals surface area contributed by atoms with Gasteiger partial charge in [-0.3, -0.25) is 9.97 Å². The largest absolute Gasteiger partial charge is 0.845 e. The molecule has 57 valence electrons. The molecule has 0 bridgehead atoms. The molecule has 1 aromatic rings. The Kier molecular flexibility index (Phi) is 4.53. The first-order chi connectivity index (χ1) is 4.70. The molecule has 3 nitrogen and oxygen atoms in total. The van der Waals surface area contributed by atoms with Crippen LogP contribution in [0.2, 0.25) is 0 Å². The van der Waals surface area contributed by atoms with E-state index in [4.69, 9.17) is 0 Å². The fourth-order valence-electron chi connectivity index (χ4n) is 0.533. The van der Waals surface area contributed by atoms with E-state index in [0.717, 1.165) is 0 Å². The minimum Gasteiger partial charge on any atom is -0.845 e. The van der Waals surface area contributed by atoms with Crippen molar-refractivity contribution >= 4 is 0 Å². The van der Waals surface area contributed by atoms with E-state index in [9.17, 15) is 9.50 Å². The molecule has 0 fully saturated rings. The fourth-order valence-corrected chi connectivity index (χ4v) is 0.533. The van der Waals surface area contributed by atoms with Crippen LogP contribution in [-0.4, -0.2) is 9.97 Å². The Morgan fingerprint density at radius 3 is 2.64 bits per heavy atom. The second-order valence-corrected chi connectivity index (χ2v) is 1.76. The van der Waals surface area contributed by atoms with Crippen molar-refractivity contribution < 1.29 is 42.2 Å². The van der Waals surface area contributed by atoms with E-state index in [0.29, 0.717) is 0 Å². The van der Waals surface area contributed by atoms with Gasteiger partial charge in [0.25, 0.3) is 0 Å². The second kappa shape index (κ2) is 4.62. The van der Waals surface area contributed by atoms with E-state index < -0.39 is 12.2 Å². The van der Waals surface area contributed by atoms with Gasteiger partial charge in [-0.05, 0) is 6.17 Å². The number of hydrogen-bond acceptors (Lipinski definition) is 3. The predicted molar refractivity (Wildman–Crippen MR) is 30.6 cm³/mol. The van der Waals surface area contributed by atoms with Gasteiger partial charge in [-0.1, -0.05) is 18.8 Å². The minimum absolute atomic E-state index is 0. The van der Waals surface area contributed by atoms with Gasteiger partial charge in [0.15, 0.2) is 0 Å².